The number of carboxylic acid groups (broad SMARTS) is 1. The van der Waals surface area contributed by atoms with Crippen LogP contribution in [0.15, 0.2) is 12.2 Å². The van der Waals surface area contributed by atoms with Crippen molar-refractivity contribution in [1.29, 1.82) is 0 Å². The van der Waals surface area contributed by atoms with Gasteiger partial charge < -0.3 is 15.2 Å². The SMILES string of the molecule is C=C(CNCC1CCOC1C)C(=O)O. The Hall–Kier alpha value is -0.870. The fraction of sp³-hybridized carbons (Fsp3) is 0.700. The van der Waals surface area contributed by atoms with Crippen molar-refractivity contribution >= 4 is 5.97 Å². The van der Waals surface area contributed by atoms with Gasteiger partial charge in [-0.1, -0.05) is 6.58 Å². The second-order valence-corrected chi connectivity index (χ2v) is 3.66. The van der Waals surface area contributed by atoms with E-state index in [1.165, 1.54) is 0 Å². The van der Waals surface area contributed by atoms with Gasteiger partial charge in [0.25, 0.3) is 0 Å². The summed E-state index contributed by atoms with van der Waals surface area (Å²) < 4.78 is 5.39. The Morgan fingerprint density at radius 1 is 1.71 bits per heavy atom. The van der Waals surface area contributed by atoms with Crippen LogP contribution in [0.5, 0.6) is 0 Å². The Kier molecular flexibility index (Phi) is 4.10. The van der Waals surface area contributed by atoms with Crippen LogP contribution in [0.4, 0.5) is 0 Å². The fourth-order valence-corrected chi connectivity index (χ4v) is 1.53. The average Bonchev–Trinajstić information content (AvgIpc) is 2.51. The van der Waals surface area contributed by atoms with E-state index in [-0.39, 0.29) is 11.7 Å². The predicted molar refractivity (Wildman–Crippen MR) is 53.2 cm³/mol. The Balaban J connectivity index is 2.15. The molecular formula is C10H17NO3. The second kappa shape index (κ2) is 5.12. The fourth-order valence-electron chi connectivity index (χ4n) is 1.53. The van der Waals surface area contributed by atoms with Crippen LogP contribution < -0.4 is 5.32 Å². The molecule has 4 heteroatoms. The molecule has 80 valence electrons. The summed E-state index contributed by atoms with van der Waals surface area (Å²) in [5, 5.41) is 11.6. The van der Waals surface area contributed by atoms with Crippen molar-refractivity contribution in [2.45, 2.75) is 19.4 Å². The first-order valence-electron chi connectivity index (χ1n) is 4.84. The average molecular weight is 199 g/mol. The third kappa shape index (κ3) is 3.12. The summed E-state index contributed by atoms with van der Waals surface area (Å²) in [4.78, 5) is 10.4. The molecule has 14 heavy (non-hydrogen) atoms. The topological polar surface area (TPSA) is 58.6 Å². The number of hydrogen-bond acceptors (Lipinski definition) is 3. The molecule has 1 rings (SSSR count). The van der Waals surface area contributed by atoms with Gasteiger partial charge in [-0.25, -0.2) is 4.79 Å². The van der Waals surface area contributed by atoms with Crippen molar-refractivity contribution in [2.24, 2.45) is 5.92 Å². The lowest BCUT2D eigenvalue weighted by Gasteiger charge is -2.14. The first-order valence-corrected chi connectivity index (χ1v) is 4.84. The predicted octanol–water partition coefficient (Wildman–Crippen LogP) is 0.642. The minimum Gasteiger partial charge on any atom is -0.478 e. The van der Waals surface area contributed by atoms with E-state index in [4.69, 9.17) is 9.84 Å². The standard InChI is InChI=1S/C10H17NO3/c1-7(10(12)13)5-11-6-9-3-4-14-8(9)2/h8-9,11H,1,3-6H2,2H3,(H,12,13). The normalized spacial score (nSPS) is 26.4. The highest BCUT2D eigenvalue weighted by atomic mass is 16.5. The number of carbonyl (C=O) groups is 1. The van der Waals surface area contributed by atoms with Crippen LogP contribution in [0.1, 0.15) is 13.3 Å². The van der Waals surface area contributed by atoms with Crippen LogP contribution in [0.2, 0.25) is 0 Å². The minimum absolute atomic E-state index is 0.205. The lowest BCUT2D eigenvalue weighted by Crippen LogP contribution is -2.29. The summed E-state index contributed by atoms with van der Waals surface area (Å²) in [6, 6.07) is 0. The van der Waals surface area contributed by atoms with E-state index in [1.807, 2.05) is 6.92 Å². The van der Waals surface area contributed by atoms with Crippen LogP contribution >= 0.6 is 0 Å². The molecule has 2 unspecified atom stereocenters. The molecule has 0 bridgehead atoms. The van der Waals surface area contributed by atoms with Gasteiger partial charge in [-0.3, -0.25) is 0 Å². The number of rotatable bonds is 5. The molecule has 4 nitrogen and oxygen atoms in total. The Labute approximate surface area is 83.9 Å². The van der Waals surface area contributed by atoms with Crippen LogP contribution in [0, 0.1) is 5.92 Å². The van der Waals surface area contributed by atoms with E-state index >= 15 is 0 Å². The Morgan fingerprint density at radius 3 is 2.93 bits per heavy atom. The van der Waals surface area contributed by atoms with E-state index in [1.54, 1.807) is 0 Å². The van der Waals surface area contributed by atoms with Gasteiger partial charge in [0, 0.05) is 25.3 Å². The maximum atomic E-state index is 10.4. The monoisotopic (exact) mass is 199 g/mol. The third-order valence-corrected chi connectivity index (χ3v) is 2.58. The zero-order valence-electron chi connectivity index (χ0n) is 8.45. The van der Waals surface area contributed by atoms with E-state index < -0.39 is 5.97 Å². The zero-order valence-corrected chi connectivity index (χ0v) is 8.45. The van der Waals surface area contributed by atoms with Crippen molar-refractivity contribution in [3.63, 3.8) is 0 Å². The van der Waals surface area contributed by atoms with Crippen LogP contribution in [-0.4, -0.2) is 36.9 Å². The van der Waals surface area contributed by atoms with Crippen LogP contribution in [0.25, 0.3) is 0 Å². The van der Waals surface area contributed by atoms with E-state index in [0.717, 1.165) is 19.6 Å². The molecule has 0 amide bonds. The molecule has 2 atom stereocenters. The Morgan fingerprint density at radius 2 is 2.43 bits per heavy atom. The highest BCUT2D eigenvalue weighted by molar-refractivity contribution is 5.86. The lowest BCUT2D eigenvalue weighted by molar-refractivity contribution is -0.132. The quantitative estimate of drug-likeness (QED) is 0.638. The molecule has 1 aliphatic heterocycles. The second-order valence-electron chi connectivity index (χ2n) is 3.66. The summed E-state index contributed by atoms with van der Waals surface area (Å²) in [5.74, 6) is -0.440. The lowest BCUT2D eigenvalue weighted by atomic mass is 10.0. The molecule has 0 radical (unpaired) electrons. The molecule has 0 aromatic heterocycles. The maximum absolute atomic E-state index is 10.4. The molecule has 2 N–H and O–H groups in total. The Bertz CT molecular complexity index is 227. The van der Waals surface area contributed by atoms with Gasteiger partial charge in [-0.05, 0) is 19.3 Å². The van der Waals surface area contributed by atoms with Crippen LogP contribution in [0.3, 0.4) is 0 Å². The van der Waals surface area contributed by atoms with Gasteiger partial charge in [0.1, 0.15) is 0 Å². The summed E-state index contributed by atoms with van der Waals surface area (Å²) in [5.41, 5.74) is 0.205. The molecular weight excluding hydrogens is 182 g/mol. The summed E-state index contributed by atoms with van der Waals surface area (Å²) >= 11 is 0. The molecule has 0 aliphatic carbocycles. The molecule has 1 fully saturated rings. The van der Waals surface area contributed by atoms with Crippen molar-refractivity contribution in [2.75, 3.05) is 19.7 Å². The van der Waals surface area contributed by atoms with Gasteiger partial charge in [0.05, 0.1) is 6.10 Å². The smallest absolute Gasteiger partial charge is 0.332 e. The molecule has 0 saturated carbocycles. The highest BCUT2D eigenvalue weighted by Gasteiger charge is 2.23. The summed E-state index contributed by atoms with van der Waals surface area (Å²) in [7, 11) is 0. The summed E-state index contributed by atoms with van der Waals surface area (Å²) in [6.45, 7) is 7.45. The first kappa shape index (κ1) is 11.2. The molecule has 1 heterocycles. The highest BCUT2D eigenvalue weighted by Crippen LogP contribution is 2.19. The van der Waals surface area contributed by atoms with Crippen molar-refractivity contribution < 1.29 is 14.6 Å². The molecule has 0 aromatic rings. The third-order valence-electron chi connectivity index (χ3n) is 2.58. The number of ether oxygens (including phenoxy) is 1. The zero-order chi connectivity index (χ0) is 10.6. The van der Waals surface area contributed by atoms with E-state index in [9.17, 15) is 4.79 Å². The van der Waals surface area contributed by atoms with Crippen molar-refractivity contribution in [3.8, 4) is 0 Å². The van der Waals surface area contributed by atoms with Crippen molar-refractivity contribution in [1.82, 2.24) is 5.32 Å². The van der Waals surface area contributed by atoms with Gasteiger partial charge >= 0.3 is 5.97 Å². The van der Waals surface area contributed by atoms with Gasteiger partial charge in [0.15, 0.2) is 0 Å². The minimum atomic E-state index is -0.937. The largest absolute Gasteiger partial charge is 0.478 e. The molecule has 1 aliphatic rings. The van der Waals surface area contributed by atoms with Crippen molar-refractivity contribution in [3.05, 3.63) is 12.2 Å². The first-order chi connectivity index (χ1) is 6.61. The summed E-state index contributed by atoms with van der Waals surface area (Å²) in [6.07, 6.45) is 1.33. The number of nitrogens with one attached hydrogen (secondary N) is 1. The molecule has 1 saturated heterocycles. The molecule has 0 spiro atoms. The maximum Gasteiger partial charge on any atom is 0.332 e. The number of carboxylic acids is 1. The molecule has 0 aromatic carbocycles. The van der Waals surface area contributed by atoms with Gasteiger partial charge in [-0.15, -0.1) is 0 Å². The number of aliphatic carboxylic acids is 1. The van der Waals surface area contributed by atoms with Gasteiger partial charge in [0.2, 0.25) is 0 Å². The van der Waals surface area contributed by atoms with E-state index in [2.05, 4.69) is 11.9 Å². The van der Waals surface area contributed by atoms with Gasteiger partial charge in [-0.2, -0.15) is 0 Å². The van der Waals surface area contributed by atoms with Crippen LogP contribution in [-0.2, 0) is 9.53 Å². The number of hydrogen-bond donors (Lipinski definition) is 2. The van der Waals surface area contributed by atoms with E-state index in [0.29, 0.717) is 12.5 Å².